The maximum Gasteiger partial charge on any atom is 0.340 e. The Balaban J connectivity index is 0.975. The number of amides is 1. The van der Waals surface area contributed by atoms with Crippen molar-refractivity contribution in [2.45, 2.75) is 18.4 Å². The summed E-state index contributed by atoms with van der Waals surface area (Å²) in [5.41, 5.74) is 3.36. The molecule has 3 aliphatic heterocycles. The third-order valence-electron chi connectivity index (χ3n) is 8.62. The lowest BCUT2D eigenvalue weighted by Gasteiger charge is -2.36. The molecule has 1 amide bonds. The first-order valence-corrected chi connectivity index (χ1v) is 16.0. The van der Waals surface area contributed by atoms with E-state index in [0.29, 0.717) is 76.0 Å². The van der Waals surface area contributed by atoms with Gasteiger partial charge in [-0.25, -0.2) is 4.79 Å². The van der Waals surface area contributed by atoms with Gasteiger partial charge in [-0.1, -0.05) is 18.2 Å². The van der Waals surface area contributed by atoms with Gasteiger partial charge in [0.1, 0.15) is 23.0 Å². The molecule has 13 heteroatoms. The number of phenols is 2. The van der Waals surface area contributed by atoms with E-state index in [9.17, 15) is 24.9 Å². The molecule has 4 aromatic carbocycles. The van der Waals surface area contributed by atoms with Crippen LogP contribution in [0.2, 0.25) is 0 Å². The lowest BCUT2D eigenvalue weighted by atomic mass is 9.77. The number of thiocarbonyl (C=S) groups is 1. The van der Waals surface area contributed by atoms with Crippen LogP contribution in [0.3, 0.4) is 0 Å². The average molecular weight is 678 g/mol. The summed E-state index contributed by atoms with van der Waals surface area (Å²) in [4.78, 5) is 26.1. The molecule has 0 bridgehead atoms. The van der Waals surface area contributed by atoms with Crippen LogP contribution in [0.25, 0.3) is 0 Å². The fraction of sp³-hybridized carbons (Fsp3) is 0.194. The summed E-state index contributed by atoms with van der Waals surface area (Å²) < 4.78 is 12.1. The van der Waals surface area contributed by atoms with Crippen LogP contribution in [0.15, 0.2) is 89.1 Å². The standard InChI is InChI=1S/C36H31N5O7S/c42-14-11-20-15-30(41-39-19-20)21-1-3-22(4-2-21)33(45)37-12-13-38-35(49)40-23-5-8-27-26(16-23)34(46)48-36(27)28-9-6-24(43)17-31(28)47-32-18-25(44)7-10-29(32)36/h1-10,16-20,42-44H,11-15H2,(H,37,45)(H2,38,40,49). The molecule has 12 nitrogen and oxygen atoms in total. The first kappa shape index (κ1) is 31.8. The molecule has 3 aliphatic rings. The van der Waals surface area contributed by atoms with Gasteiger partial charge in [-0.05, 0) is 72.7 Å². The van der Waals surface area contributed by atoms with Gasteiger partial charge in [0.05, 0.1) is 11.3 Å². The van der Waals surface area contributed by atoms with Gasteiger partial charge in [0, 0.05) is 78.3 Å². The molecular weight excluding hydrogens is 646 g/mol. The minimum Gasteiger partial charge on any atom is -0.508 e. The van der Waals surface area contributed by atoms with Crippen LogP contribution in [-0.2, 0) is 10.3 Å². The van der Waals surface area contributed by atoms with Crippen LogP contribution >= 0.6 is 12.2 Å². The molecule has 1 atom stereocenters. The predicted octanol–water partition coefficient (Wildman–Crippen LogP) is 4.56. The van der Waals surface area contributed by atoms with E-state index in [1.165, 1.54) is 24.3 Å². The van der Waals surface area contributed by atoms with E-state index in [1.807, 2.05) is 12.1 Å². The fourth-order valence-electron chi connectivity index (χ4n) is 6.28. The molecule has 1 spiro atoms. The highest BCUT2D eigenvalue weighted by molar-refractivity contribution is 7.80. The van der Waals surface area contributed by atoms with Crippen LogP contribution in [0.4, 0.5) is 5.69 Å². The van der Waals surface area contributed by atoms with Gasteiger partial charge in [0.15, 0.2) is 10.7 Å². The number of hydrogen-bond donors (Lipinski definition) is 6. The van der Waals surface area contributed by atoms with E-state index in [0.717, 1.165) is 11.3 Å². The highest BCUT2D eigenvalue weighted by atomic mass is 32.1. The SMILES string of the molecule is O=C(NCCNC(=S)Nc1ccc2c(c1)C(=O)OC21c2ccc(O)cc2Oc2cc(O)ccc21)c1ccc(C2=NN=CC(CCO)C2)cc1. The number of nitrogens with one attached hydrogen (secondary N) is 3. The van der Waals surface area contributed by atoms with E-state index < -0.39 is 11.6 Å². The second-order valence-corrected chi connectivity index (χ2v) is 12.2. The molecule has 0 radical (unpaired) electrons. The average Bonchev–Trinajstić information content (AvgIpc) is 3.38. The van der Waals surface area contributed by atoms with E-state index in [4.69, 9.17) is 21.7 Å². The Labute approximate surface area is 286 Å². The largest absolute Gasteiger partial charge is 0.508 e. The molecule has 248 valence electrons. The van der Waals surface area contributed by atoms with E-state index in [-0.39, 0.29) is 29.9 Å². The number of rotatable bonds is 8. The van der Waals surface area contributed by atoms with Crippen molar-refractivity contribution in [3.63, 3.8) is 0 Å². The molecule has 3 heterocycles. The van der Waals surface area contributed by atoms with E-state index >= 15 is 0 Å². The van der Waals surface area contributed by atoms with Gasteiger partial charge in [-0.3, -0.25) is 4.79 Å². The van der Waals surface area contributed by atoms with Crippen molar-refractivity contribution in [1.82, 2.24) is 10.6 Å². The van der Waals surface area contributed by atoms with Crippen molar-refractivity contribution in [3.05, 3.63) is 112 Å². The second kappa shape index (κ2) is 13.0. The van der Waals surface area contributed by atoms with E-state index in [2.05, 4.69) is 26.2 Å². The number of aromatic hydroxyl groups is 2. The molecule has 1 unspecified atom stereocenters. The van der Waals surface area contributed by atoms with Crippen molar-refractivity contribution < 1.29 is 34.4 Å². The monoisotopic (exact) mass is 677 g/mol. The minimum atomic E-state index is -1.35. The van der Waals surface area contributed by atoms with Gasteiger partial charge >= 0.3 is 5.97 Å². The number of aliphatic hydroxyl groups excluding tert-OH is 1. The smallest absolute Gasteiger partial charge is 0.340 e. The maximum absolute atomic E-state index is 13.4. The van der Waals surface area contributed by atoms with Crippen molar-refractivity contribution in [2.24, 2.45) is 16.1 Å². The second-order valence-electron chi connectivity index (χ2n) is 11.8. The third kappa shape index (κ3) is 6.05. The summed E-state index contributed by atoms with van der Waals surface area (Å²) in [6.45, 7) is 0.741. The number of fused-ring (bicyclic) bond motifs is 6. The van der Waals surface area contributed by atoms with Gasteiger partial charge < -0.3 is 40.7 Å². The number of carbonyl (C=O) groups is 2. The topological polar surface area (TPSA) is 174 Å². The Kier molecular flexibility index (Phi) is 8.45. The van der Waals surface area contributed by atoms with Crippen LogP contribution in [-0.4, -0.2) is 63.9 Å². The lowest BCUT2D eigenvalue weighted by Crippen LogP contribution is -2.36. The van der Waals surface area contributed by atoms with Gasteiger partial charge in [-0.2, -0.15) is 10.2 Å². The molecule has 0 aromatic heterocycles. The number of carbonyl (C=O) groups excluding carboxylic acids is 2. The first-order valence-electron chi connectivity index (χ1n) is 15.6. The Morgan fingerprint density at radius 2 is 1.57 bits per heavy atom. The van der Waals surface area contributed by atoms with Crippen molar-refractivity contribution in [3.8, 4) is 23.0 Å². The number of nitrogens with zero attached hydrogens (tertiary/aromatic N) is 2. The number of hydrogen-bond acceptors (Lipinski definition) is 10. The molecule has 0 saturated heterocycles. The van der Waals surface area contributed by atoms with Crippen LogP contribution in [0.1, 0.15) is 55.8 Å². The summed E-state index contributed by atoms with van der Waals surface area (Å²) in [6.07, 6.45) is 3.06. The van der Waals surface area contributed by atoms with E-state index in [1.54, 1.807) is 48.7 Å². The summed E-state index contributed by atoms with van der Waals surface area (Å²) in [7, 11) is 0. The molecule has 49 heavy (non-hydrogen) atoms. The highest BCUT2D eigenvalue weighted by Crippen LogP contribution is 2.57. The lowest BCUT2D eigenvalue weighted by molar-refractivity contribution is 0.0224. The van der Waals surface area contributed by atoms with Crippen LogP contribution in [0, 0.1) is 5.92 Å². The summed E-state index contributed by atoms with van der Waals surface area (Å²) in [5.74, 6) is -0.0950. The highest BCUT2D eigenvalue weighted by Gasteiger charge is 2.53. The Hall–Kier alpha value is -5.79. The summed E-state index contributed by atoms with van der Waals surface area (Å²) in [6, 6.07) is 21.5. The number of anilines is 1. The Bertz CT molecular complexity index is 1990. The zero-order valence-electron chi connectivity index (χ0n) is 26.0. The molecular formula is C36H31N5O7S. The molecule has 7 rings (SSSR count). The third-order valence-corrected chi connectivity index (χ3v) is 8.87. The number of aliphatic hydroxyl groups is 1. The van der Waals surface area contributed by atoms with Crippen molar-refractivity contribution in [2.75, 3.05) is 25.0 Å². The predicted molar refractivity (Wildman–Crippen MR) is 186 cm³/mol. The molecule has 0 fully saturated rings. The fourth-order valence-corrected chi connectivity index (χ4v) is 6.50. The molecule has 0 aliphatic carbocycles. The molecule has 0 saturated carbocycles. The van der Waals surface area contributed by atoms with Crippen molar-refractivity contribution in [1.29, 1.82) is 0 Å². The molecule has 6 N–H and O–H groups in total. The van der Waals surface area contributed by atoms with Gasteiger partial charge in [0.25, 0.3) is 5.91 Å². The minimum absolute atomic E-state index is 0.0217. The van der Waals surface area contributed by atoms with Gasteiger partial charge in [0.2, 0.25) is 0 Å². The number of esters is 1. The Morgan fingerprint density at radius 1 is 0.898 bits per heavy atom. The summed E-state index contributed by atoms with van der Waals surface area (Å²) >= 11 is 5.46. The zero-order chi connectivity index (χ0) is 34.1. The zero-order valence-corrected chi connectivity index (χ0v) is 26.8. The quantitative estimate of drug-likeness (QED) is 0.0882. The summed E-state index contributed by atoms with van der Waals surface area (Å²) in [5, 5.41) is 47.0. The Morgan fingerprint density at radius 3 is 2.27 bits per heavy atom. The maximum atomic E-state index is 13.4. The number of phenolic OH excluding ortho intramolecular Hbond substituents is 2. The molecule has 4 aromatic rings. The normalized spacial score (nSPS) is 16.4. The van der Waals surface area contributed by atoms with Crippen LogP contribution < -0.4 is 20.7 Å². The first-order chi connectivity index (χ1) is 23.7. The van der Waals surface area contributed by atoms with Gasteiger partial charge in [-0.15, -0.1) is 0 Å². The number of benzene rings is 4. The van der Waals surface area contributed by atoms with Crippen molar-refractivity contribution >= 4 is 46.8 Å². The number of ether oxygens (including phenoxy) is 2. The van der Waals surface area contributed by atoms with Crippen LogP contribution in [0.5, 0.6) is 23.0 Å².